The number of thiazole rings is 1. The van der Waals surface area contributed by atoms with Crippen LogP contribution >= 0.6 is 11.3 Å². The van der Waals surface area contributed by atoms with Crippen LogP contribution in [0.1, 0.15) is 41.0 Å². The Morgan fingerprint density at radius 2 is 2.08 bits per heavy atom. The van der Waals surface area contributed by atoms with Gasteiger partial charge in [-0.2, -0.15) is 4.98 Å². The van der Waals surface area contributed by atoms with Gasteiger partial charge >= 0.3 is 5.97 Å². The van der Waals surface area contributed by atoms with Crippen LogP contribution in [0.4, 0.5) is 10.9 Å². The lowest BCUT2D eigenvalue weighted by atomic mass is 10.1. The maximum Gasteiger partial charge on any atom is 0.350 e. The minimum absolute atomic E-state index is 0.00235. The topological polar surface area (TPSA) is 135 Å². The number of benzene rings is 1. The zero-order valence-corrected chi connectivity index (χ0v) is 22.5. The summed E-state index contributed by atoms with van der Waals surface area (Å²) >= 11 is 1.13. The number of ether oxygens (including phenoxy) is 1. The third-order valence-electron chi connectivity index (χ3n) is 6.39. The number of likely N-dealkylation sites (N-methyl/N-ethyl adjacent to an activating group) is 1. The maximum atomic E-state index is 13.1. The number of carbonyl (C=O) groups excluding carboxylic acids is 2. The van der Waals surface area contributed by atoms with Gasteiger partial charge in [0.2, 0.25) is 17.6 Å². The number of hydrogen-bond donors (Lipinski definition) is 2. The summed E-state index contributed by atoms with van der Waals surface area (Å²) in [6, 6.07) is 7.54. The second-order valence-electron chi connectivity index (χ2n) is 9.32. The minimum atomic E-state index is -0.412. The van der Waals surface area contributed by atoms with E-state index < -0.39 is 5.97 Å². The number of nitrogens with zero attached hydrogens (tertiary/aromatic N) is 5. The van der Waals surface area contributed by atoms with Crippen LogP contribution in [0.15, 0.2) is 35.0 Å². The van der Waals surface area contributed by atoms with Crippen molar-refractivity contribution in [3.63, 3.8) is 0 Å². The van der Waals surface area contributed by atoms with E-state index in [1.165, 1.54) is 0 Å². The summed E-state index contributed by atoms with van der Waals surface area (Å²) in [7, 11) is 1.92. The SMILES string of the molecule is CCCOC(=O)c1sc(NC(=O)[C@@H]2C[C@H](Nc3nccc4ccc(-c5noc(C)n5)cc34)CN2C)nc1C. The molecule has 4 heterocycles. The number of hydrogen-bond acceptors (Lipinski definition) is 11. The Balaban J connectivity index is 1.28. The summed E-state index contributed by atoms with van der Waals surface area (Å²) in [4.78, 5) is 41.0. The van der Waals surface area contributed by atoms with Crippen molar-refractivity contribution in [3.8, 4) is 11.4 Å². The number of pyridine rings is 1. The molecule has 0 saturated carbocycles. The monoisotopic (exact) mass is 535 g/mol. The molecule has 1 aliphatic heterocycles. The van der Waals surface area contributed by atoms with Crippen molar-refractivity contribution in [3.05, 3.63) is 46.9 Å². The van der Waals surface area contributed by atoms with E-state index >= 15 is 0 Å². The highest BCUT2D eigenvalue weighted by atomic mass is 32.1. The molecule has 12 heteroatoms. The fraction of sp³-hybridized carbons (Fsp3) is 0.385. The molecule has 1 aliphatic rings. The molecule has 4 aromatic rings. The fourth-order valence-electron chi connectivity index (χ4n) is 4.53. The summed E-state index contributed by atoms with van der Waals surface area (Å²) < 4.78 is 10.3. The van der Waals surface area contributed by atoms with E-state index in [0.717, 1.165) is 39.9 Å². The average Bonchev–Trinajstić information content (AvgIpc) is 3.60. The second kappa shape index (κ2) is 10.8. The Morgan fingerprint density at radius 3 is 2.84 bits per heavy atom. The third kappa shape index (κ3) is 5.36. The fourth-order valence-corrected chi connectivity index (χ4v) is 5.39. The molecule has 0 spiro atoms. The van der Waals surface area contributed by atoms with Gasteiger partial charge in [-0.3, -0.25) is 9.69 Å². The number of nitrogens with one attached hydrogen (secondary N) is 2. The lowest BCUT2D eigenvalue weighted by Crippen LogP contribution is -2.37. The van der Waals surface area contributed by atoms with Crippen molar-refractivity contribution in [2.45, 2.75) is 45.7 Å². The van der Waals surface area contributed by atoms with Crippen LogP contribution in [0.5, 0.6) is 0 Å². The van der Waals surface area contributed by atoms with Gasteiger partial charge in [0, 0.05) is 36.7 Å². The highest BCUT2D eigenvalue weighted by Gasteiger charge is 2.35. The van der Waals surface area contributed by atoms with E-state index in [1.807, 2.05) is 43.1 Å². The molecule has 0 aliphatic carbocycles. The second-order valence-corrected chi connectivity index (χ2v) is 10.3. The van der Waals surface area contributed by atoms with Crippen molar-refractivity contribution in [1.29, 1.82) is 0 Å². The molecule has 3 aromatic heterocycles. The van der Waals surface area contributed by atoms with Crippen LogP contribution < -0.4 is 10.6 Å². The predicted molar refractivity (Wildman–Crippen MR) is 144 cm³/mol. The Kier molecular flexibility index (Phi) is 7.34. The first-order valence-electron chi connectivity index (χ1n) is 12.4. The molecule has 198 valence electrons. The van der Waals surface area contributed by atoms with Gasteiger partial charge < -0.3 is 19.9 Å². The number of amides is 1. The van der Waals surface area contributed by atoms with Crippen molar-refractivity contribution in [2.24, 2.45) is 0 Å². The normalized spacial score (nSPS) is 17.6. The Morgan fingerprint density at radius 1 is 1.24 bits per heavy atom. The van der Waals surface area contributed by atoms with E-state index in [1.54, 1.807) is 20.0 Å². The summed E-state index contributed by atoms with van der Waals surface area (Å²) in [5.41, 5.74) is 1.38. The number of esters is 1. The molecule has 2 atom stereocenters. The molecule has 1 amide bonds. The van der Waals surface area contributed by atoms with Crippen LogP contribution in [0.25, 0.3) is 22.2 Å². The molecule has 11 nitrogen and oxygen atoms in total. The summed E-state index contributed by atoms with van der Waals surface area (Å²) in [6.45, 7) is 6.43. The first-order chi connectivity index (χ1) is 18.3. The lowest BCUT2D eigenvalue weighted by molar-refractivity contribution is -0.119. The zero-order valence-electron chi connectivity index (χ0n) is 21.6. The Hall–Kier alpha value is -3.90. The van der Waals surface area contributed by atoms with Gasteiger partial charge in [0.25, 0.3) is 0 Å². The first kappa shape index (κ1) is 25.7. The highest BCUT2D eigenvalue weighted by Crippen LogP contribution is 2.30. The highest BCUT2D eigenvalue weighted by molar-refractivity contribution is 7.17. The Bertz CT molecular complexity index is 1480. The van der Waals surface area contributed by atoms with E-state index in [0.29, 0.717) is 47.0 Å². The first-order valence-corrected chi connectivity index (χ1v) is 13.3. The van der Waals surface area contributed by atoms with Gasteiger partial charge in [0.1, 0.15) is 10.7 Å². The quantitative estimate of drug-likeness (QED) is 0.318. The molecule has 5 rings (SSSR count). The molecule has 0 unspecified atom stereocenters. The summed E-state index contributed by atoms with van der Waals surface area (Å²) in [5.74, 6) is 1.18. The molecular weight excluding hydrogens is 506 g/mol. The molecule has 0 radical (unpaired) electrons. The number of anilines is 2. The number of rotatable bonds is 8. The van der Waals surface area contributed by atoms with E-state index in [2.05, 4.69) is 30.7 Å². The van der Waals surface area contributed by atoms with Gasteiger partial charge in [-0.1, -0.05) is 35.5 Å². The van der Waals surface area contributed by atoms with Crippen molar-refractivity contribution < 1.29 is 18.8 Å². The van der Waals surface area contributed by atoms with Crippen molar-refractivity contribution in [1.82, 2.24) is 25.0 Å². The van der Waals surface area contributed by atoms with Crippen molar-refractivity contribution in [2.75, 3.05) is 30.8 Å². The summed E-state index contributed by atoms with van der Waals surface area (Å²) in [6.07, 6.45) is 3.09. The van der Waals surface area contributed by atoms with Crippen LogP contribution in [-0.4, -0.2) is 69.2 Å². The molecule has 2 N–H and O–H groups in total. The standard InChI is InChI=1S/C26H29N7O4S/c1-5-10-36-25(35)21-14(2)28-26(38-21)31-24(34)20-12-18(13-33(20)4)30-23-19-11-17(22-29-15(3)37-32-22)7-6-16(19)8-9-27-23/h6-9,11,18,20H,5,10,12-13H2,1-4H3,(H,27,30)(H,28,31,34)/t18-,20-/m0/s1. The number of carbonyl (C=O) groups is 2. The number of aromatic nitrogens is 4. The largest absolute Gasteiger partial charge is 0.461 e. The van der Waals surface area contributed by atoms with Gasteiger partial charge in [-0.05, 0) is 44.3 Å². The lowest BCUT2D eigenvalue weighted by Gasteiger charge is -2.17. The van der Waals surface area contributed by atoms with Crippen LogP contribution in [0, 0.1) is 13.8 Å². The molecule has 0 bridgehead atoms. The van der Waals surface area contributed by atoms with Crippen LogP contribution in [-0.2, 0) is 9.53 Å². The average molecular weight is 536 g/mol. The van der Waals surface area contributed by atoms with E-state index in [4.69, 9.17) is 9.26 Å². The molecule has 1 saturated heterocycles. The van der Waals surface area contributed by atoms with Gasteiger partial charge in [-0.25, -0.2) is 14.8 Å². The van der Waals surface area contributed by atoms with Crippen LogP contribution in [0.2, 0.25) is 0 Å². The summed E-state index contributed by atoms with van der Waals surface area (Å²) in [5, 5.41) is 12.8. The van der Waals surface area contributed by atoms with E-state index in [-0.39, 0.29) is 18.0 Å². The number of fused-ring (bicyclic) bond motifs is 1. The number of likely N-dealkylation sites (tertiary alicyclic amines) is 1. The third-order valence-corrected chi connectivity index (χ3v) is 7.45. The van der Waals surface area contributed by atoms with Gasteiger partial charge in [-0.15, -0.1) is 0 Å². The van der Waals surface area contributed by atoms with Gasteiger partial charge in [0.15, 0.2) is 5.13 Å². The molecule has 38 heavy (non-hydrogen) atoms. The molecular formula is C26H29N7O4S. The molecule has 1 aromatic carbocycles. The van der Waals surface area contributed by atoms with Crippen molar-refractivity contribution >= 4 is 44.9 Å². The predicted octanol–water partition coefficient (Wildman–Crippen LogP) is 4.05. The number of aryl methyl sites for hydroxylation is 2. The van der Waals surface area contributed by atoms with Crippen LogP contribution in [0.3, 0.4) is 0 Å². The smallest absolute Gasteiger partial charge is 0.350 e. The van der Waals surface area contributed by atoms with Gasteiger partial charge in [0.05, 0.1) is 18.3 Å². The zero-order chi connectivity index (χ0) is 26.8. The molecule has 1 fully saturated rings. The minimum Gasteiger partial charge on any atom is -0.461 e. The van der Waals surface area contributed by atoms with E-state index in [9.17, 15) is 9.59 Å². The maximum absolute atomic E-state index is 13.1. The Labute approximate surface area is 223 Å².